The molecule has 2 aromatic rings. The van der Waals surface area contributed by atoms with Crippen LogP contribution in [0.25, 0.3) is 10.8 Å². The molecule has 0 heterocycles. The van der Waals surface area contributed by atoms with E-state index < -0.39 is 0 Å². The van der Waals surface area contributed by atoms with Crippen molar-refractivity contribution in [1.29, 1.82) is 0 Å². The Bertz CT molecular complexity index is 635. The molecule has 0 aliphatic carbocycles. The van der Waals surface area contributed by atoms with Gasteiger partial charge < -0.3 is 9.84 Å². The first-order valence-corrected chi connectivity index (χ1v) is 11.1. The Morgan fingerprint density at radius 1 is 0.704 bits per heavy atom. The summed E-state index contributed by atoms with van der Waals surface area (Å²) in [4.78, 5) is 0. The minimum Gasteiger partial charge on any atom is -0.507 e. The molecular weight excluding hydrogens is 332 g/mol. The molecule has 0 amide bonds. The monoisotopic (exact) mass is 370 g/mol. The van der Waals surface area contributed by atoms with Gasteiger partial charge in [0.1, 0.15) is 5.75 Å². The van der Waals surface area contributed by atoms with Gasteiger partial charge in [-0.15, -0.1) is 0 Å². The number of phenolic OH excluding ortho intramolecular Hbond substituents is 1. The molecule has 2 nitrogen and oxygen atoms in total. The van der Waals surface area contributed by atoms with Gasteiger partial charge in [0.25, 0.3) is 0 Å². The third-order valence-corrected chi connectivity index (χ3v) is 5.36. The van der Waals surface area contributed by atoms with Gasteiger partial charge in [-0.3, -0.25) is 0 Å². The molecule has 0 spiro atoms. The number of aryl methyl sites for hydroxylation is 1. The van der Waals surface area contributed by atoms with E-state index in [0.717, 1.165) is 42.4 Å². The van der Waals surface area contributed by atoms with Crippen LogP contribution in [0, 0.1) is 0 Å². The molecule has 2 aromatic carbocycles. The van der Waals surface area contributed by atoms with Gasteiger partial charge in [0, 0.05) is 18.6 Å². The normalized spacial score (nSPS) is 11.3. The average molecular weight is 371 g/mol. The molecule has 27 heavy (non-hydrogen) atoms. The van der Waals surface area contributed by atoms with Crippen LogP contribution in [-0.4, -0.2) is 18.3 Å². The lowest BCUT2D eigenvalue weighted by atomic mass is 10.00. The van der Waals surface area contributed by atoms with Crippen LogP contribution in [0.1, 0.15) is 83.1 Å². The van der Waals surface area contributed by atoms with E-state index in [4.69, 9.17) is 4.74 Å². The van der Waals surface area contributed by atoms with E-state index in [1.165, 1.54) is 64.2 Å². The van der Waals surface area contributed by atoms with Gasteiger partial charge in [-0.05, 0) is 36.6 Å². The quantitative estimate of drug-likeness (QED) is 0.331. The highest BCUT2D eigenvalue weighted by Crippen LogP contribution is 2.29. The van der Waals surface area contributed by atoms with Gasteiger partial charge in [0.2, 0.25) is 0 Å². The van der Waals surface area contributed by atoms with Gasteiger partial charge in [0.05, 0.1) is 0 Å². The van der Waals surface area contributed by atoms with Crippen LogP contribution in [0.15, 0.2) is 36.4 Å². The van der Waals surface area contributed by atoms with Crippen LogP contribution in [0.4, 0.5) is 0 Å². The predicted molar refractivity (Wildman–Crippen MR) is 117 cm³/mol. The number of hydrogen-bond donors (Lipinski definition) is 1. The summed E-state index contributed by atoms with van der Waals surface area (Å²) in [6.45, 7) is 4.12. The zero-order valence-corrected chi connectivity index (χ0v) is 17.2. The lowest BCUT2D eigenvalue weighted by molar-refractivity contribution is 0.126. The lowest BCUT2D eigenvalue weighted by Crippen LogP contribution is -1.96. The van der Waals surface area contributed by atoms with E-state index in [1.54, 1.807) is 0 Å². The average Bonchev–Trinajstić information content (AvgIpc) is 2.70. The zero-order chi connectivity index (χ0) is 19.2. The Balaban J connectivity index is 1.46. The first-order chi connectivity index (χ1) is 13.3. The smallest absolute Gasteiger partial charge is 0.126 e. The van der Waals surface area contributed by atoms with Crippen molar-refractivity contribution >= 4 is 10.8 Å². The SMILES string of the molecule is CCCCCOCCCCCCCCCCc1ccc2ccccc2c1O. The summed E-state index contributed by atoms with van der Waals surface area (Å²) >= 11 is 0. The topological polar surface area (TPSA) is 29.5 Å². The molecule has 0 unspecified atom stereocenters. The van der Waals surface area contributed by atoms with Crippen molar-refractivity contribution in [2.45, 2.75) is 84.0 Å². The van der Waals surface area contributed by atoms with Gasteiger partial charge >= 0.3 is 0 Å². The molecule has 0 aliphatic rings. The molecular formula is C25H38O2. The number of ether oxygens (including phenoxy) is 1. The Kier molecular flexibility index (Phi) is 11.0. The molecule has 150 valence electrons. The van der Waals surface area contributed by atoms with Crippen molar-refractivity contribution in [3.8, 4) is 5.75 Å². The summed E-state index contributed by atoms with van der Waals surface area (Å²) in [6, 6.07) is 12.3. The summed E-state index contributed by atoms with van der Waals surface area (Å²) in [5.41, 5.74) is 1.09. The second-order valence-electron chi connectivity index (χ2n) is 7.69. The van der Waals surface area contributed by atoms with E-state index in [-0.39, 0.29) is 0 Å². The number of rotatable bonds is 15. The van der Waals surface area contributed by atoms with E-state index in [2.05, 4.69) is 25.1 Å². The molecule has 0 aliphatic heterocycles. The van der Waals surface area contributed by atoms with Crippen molar-refractivity contribution in [2.75, 3.05) is 13.2 Å². The largest absolute Gasteiger partial charge is 0.507 e. The van der Waals surface area contributed by atoms with Crippen LogP contribution in [-0.2, 0) is 11.2 Å². The summed E-state index contributed by atoms with van der Waals surface area (Å²) in [6.07, 6.45) is 15.0. The molecule has 0 atom stereocenters. The second-order valence-corrected chi connectivity index (χ2v) is 7.69. The summed E-state index contributed by atoms with van der Waals surface area (Å²) < 4.78 is 5.65. The fourth-order valence-electron chi connectivity index (χ4n) is 3.64. The van der Waals surface area contributed by atoms with E-state index in [9.17, 15) is 5.11 Å². The van der Waals surface area contributed by atoms with Crippen LogP contribution in [0.5, 0.6) is 5.75 Å². The number of fused-ring (bicyclic) bond motifs is 1. The molecule has 0 radical (unpaired) electrons. The van der Waals surface area contributed by atoms with E-state index in [1.807, 2.05) is 18.2 Å². The maximum atomic E-state index is 10.4. The van der Waals surface area contributed by atoms with Gasteiger partial charge in [-0.1, -0.05) is 94.7 Å². The first kappa shape index (κ1) is 21.8. The summed E-state index contributed by atoms with van der Waals surface area (Å²) in [7, 11) is 0. The number of aromatic hydroxyl groups is 1. The summed E-state index contributed by atoms with van der Waals surface area (Å²) in [5.74, 6) is 0.477. The van der Waals surface area contributed by atoms with E-state index in [0.29, 0.717) is 5.75 Å². The van der Waals surface area contributed by atoms with Crippen molar-refractivity contribution in [1.82, 2.24) is 0 Å². The maximum Gasteiger partial charge on any atom is 0.126 e. The van der Waals surface area contributed by atoms with E-state index >= 15 is 0 Å². The molecule has 0 aromatic heterocycles. The highest BCUT2D eigenvalue weighted by atomic mass is 16.5. The van der Waals surface area contributed by atoms with Gasteiger partial charge in [-0.2, -0.15) is 0 Å². The number of unbranched alkanes of at least 4 members (excludes halogenated alkanes) is 9. The van der Waals surface area contributed by atoms with Crippen molar-refractivity contribution in [2.24, 2.45) is 0 Å². The standard InChI is InChI=1S/C25H38O2/c1-2-3-13-20-27-21-14-9-7-5-4-6-8-10-16-23-19-18-22-15-11-12-17-24(22)25(23)26/h11-12,15,17-19,26H,2-10,13-14,16,20-21H2,1H3. The van der Waals surface area contributed by atoms with Crippen LogP contribution < -0.4 is 0 Å². The zero-order valence-electron chi connectivity index (χ0n) is 17.2. The fraction of sp³-hybridized carbons (Fsp3) is 0.600. The first-order valence-electron chi connectivity index (χ1n) is 11.1. The van der Waals surface area contributed by atoms with Crippen molar-refractivity contribution in [3.63, 3.8) is 0 Å². The van der Waals surface area contributed by atoms with Crippen LogP contribution in [0.2, 0.25) is 0 Å². The molecule has 2 heteroatoms. The van der Waals surface area contributed by atoms with Crippen LogP contribution >= 0.6 is 0 Å². The lowest BCUT2D eigenvalue weighted by Gasteiger charge is -2.08. The number of benzene rings is 2. The Morgan fingerprint density at radius 3 is 2.07 bits per heavy atom. The Labute approximate surface area is 165 Å². The van der Waals surface area contributed by atoms with Crippen LogP contribution in [0.3, 0.4) is 0 Å². The number of hydrogen-bond acceptors (Lipinski definition) is 2. The molecule has 0 saturated carbocycles. The maximum absolute atomic E-state index is 10.4. The Morgan fingerprint density at radius 2 is 1.33 bits per heavy atom. The van der Waals surface area contributed by atoms with Crippen molar-refractivity contribution < 1.29 is 9.84 Å². The molecule has 1 N–H and O–H groups in total. The summed E-state index contributed by atoms with van der Waals surface area (Å²) in [5, 5.41) is 12.5. The minimum absolute atomic E-state index is 0.477. The molecule has 0 fully saturated rings. The molecule has 0 bridgehead atoms. The highest BCUT2D eigenvalue weighted by molar-refractivity contribution is 5.89. The Hall–Kier alpha value is -1.54. The van der Waals surface area contributed by atoms with Gasteiger partial charge in [0.15, 0.2) is 0 Å². The van der Waals surface area contributed by atoms with Gasteiger partial charge in [-0.25, -0.2) is 0 Å². The van der Waals surface area contributed by atoms with Crippen molar-refractivity contribution in [3.05, 3.63) is 42.0 Å². The minimum atomic E-state index is 0.477. The highest BCUT2D eigenvalue weighted by Gasteiger charge is 2.05. The fourth-order valence-corrected chi connectivity index (χ4v) is 3.64. The third kappa shape index (κ3) is 8.34. The molecule has 2 rings (SSSR count). The molecule has 0 saturated heterocycles. The predicted octanol–water partition coefficient (Wildman–Crippen LogP) is 7.42. The number of phenols is 1. The second kappa shape index (κ2) is 13.6. The third-order valence-electron chi connectivity index (χ3n) is 5.36.